The summed E-state index contributed by atoms with van der Waals surface area (Å²) in [6.45, 7) is 0. The number of carbonyl (C=O) groups excluding carboxylic acids is 1. The summed E-state index contributed by atoms with van der Waals surface area (Å²) in [5, 5.41) is 2.52. The third-order valence-electron chi connectivity index (χ3n) is 3.35. The summed E-state index contributed by atoms with van der Waals surface area (Å²) in [6.07, 6.45) is 1.58. The van der Waals surface area contributed by atoms with E-state index in [9.17, 15) is 22.4 Å². The van der Waals surface area contributed by atoms with Crippen LogP contribution >= 0.6 is 11.3 Å². The lowest BCUT2D eigenvalue weighted by Crippen LogP contribution is -2.14. The van der Waals surface area contributed by atoms with Crippen LogP contribution in [0.15, 0.2) is 42.6 Å². The molecule has 3 rings (SSSR count). The molecule has 3 aromatic rings. The fourth-order valence-corrected chi connectivity index (χ4v) is 2.97. The first-order valence-electron chi connectivity index (χ1n) is 7.08. The molecule has 1 aromatic heterocycles. The molecule has 0 aliphatic carbocycles. The topological polar surface area (TPSA) is 42.0 Å². The number of rotatable bonds is 4. The van der Waals surface area contributed by atoms with Crippen molar-refractivity contribution in [3.05, 3.63) is 81.9 Å². The summed E-state index contributed by atoms with van der Waals surface area (Å²) in [4.78, 5) is 16.6. The molecule has 25 heavy (non-hydrogen) atoms. The maximum Gasteiger partial charge on any atom is 0.260 e. The lowest BCUT2D eigenvalue weighted by atomic mass is 10.1. The van der Waals surface area contributed by atoms with Crippen LogP contribution in [0, 0.1) is 23.3 Å². The largest absolute Gasteiger partial charge is 0.298 e. The van der Waals surface area contributed by atoms with Crippen LogP contribution in [-0.2, 0) is 6.42 Å². The number of nitrogens with zero attached hydrogens (tertiary/aromatic N) is 1. The van der Waals surface area contributed by atoms with Crippen molar-refractivity contribution in [2.24, 2.45) is 0 Å². The predicted molar refractivity (Wildman–Crippen MR) is 85.6 cm³/mol. The van der Waals surface area contributed by atoms with Crippen molar-refractivity contribution in [2.45, 2.75) is 6.42 Å². The number of hydrogen-bond donors (Lipinski definition) is 1. The van der Waals surface area contributed by atoms with Gasteiger partial charge in [-0.25, -0.2) is 22.5 Å². The van der Waals surface area contributed by atoms with E-state index in [0.29, 0.717) is 4.88 Å². The zero-order valence-corrected chi connectivity index (χ0v) is 13.3. The summed E-state index contributed by atoms with van der Waals surface area (Å²) < 4.78 is 53.3. The first-order chi connectivity index (χ1) is 11.9. The Morgan fingerprint density at radius 3 is 2.64 bits per heavy atom. The number of halogens is 4. The van der Waals surface area contributed by atoms with Gasteiger partial charge in [0.25, 0.3) is 5.91 Å². The summed E-state index contributed by atoms with van der Waals surface area (Å²) in [5.74, 6) is -4.56. The molecule has 0 atom stereocenters. The molecule has 0 bridgehead atoms. The lowest BCUT2D eigenvalue weighted by molar-refractivity contribution is 0.102. The number of nitrogens with one attached hydrogen (secondary N) is 1. The van der Waals surface area contributed by atoms with Gasteiger partial charge in [-0.1, -0.05) is 12.1 Å². The first-order valence-corrected chi connectivity index (χ1v) is 7.89. The van der Waals surface area contributed by atoms with Crippen molar-refractivity contribution in [3.8, 4) is 0 Å². The highest BCUT2D eigenvalue weighted by Crippen LogP contribution is 2.23. The Labute approximate surface area is 144 Å². The monoisotopic (exact) mass is 366 g/mol. The normalized spacial score (nSPS) is 10.7. The Bertz CT molecular complexity index is 942. The Hall–Kier alpha value is -2.74. The maximum atomic E-state index is 13.7. The van der Waals surface area contributed by atoms with Gasteiger partial charge >= 0.3 is 0 Å². The number of carbonyl (C=O) groups is 1. The summed E-state index contributed by atoms with van der Waals surface area (Å²) in [5.41, 5.74) is -0.166. The van der Waals surface area contributed by atoms with Gasteiger partial charge in [0.2, 0.25) is 0 Å². The van der Waals surface area contributed by atoms with E-state index >= 15 is 0 Å². The van der Waals surface area contributed by atoms with Crippen molar-refractivity contribution in [3.63, 3.8) is 0 Å². The molecule has 0 radical (unpaired) electrons. The van der Waals surface area contributed by atoms with Crippen molar-refractivity contribution >= 4 is 22.4 Å². The summed E-state index contributed by atoms with van der Waals surface area (Å²) in [6, 6.07) is 6.53. The number of benzene rings is 2. The molecule has 1 N–H and O–H groups in total. The van der Waals surface area contributed by atoms with Crippen LogP contribution < -0.4 is 5.32 Å². The second-order valence-electron chi connectivity index (χ2n) is 5.10. The van der Waals surface area contributed by atoms with E-state index in [0.717, 1.165) is 35.6 Å². The number of hydrogen-bond acceptors (Lipinski definition) is 3. The number of aromatic nitrogens is 1. The Kier molecular flexibility index (Phi) is 4.80. The molecule has 0 unspecified atom stereocenters. The lowest BCUT2D eigenvalue weighted by Gasteiger charge is -2.03. The van der Waals surface area contributed by atoms with Gasteiger partial charge in [0, 0.05) is 23.6 Å². The fraction of sp³-hybridized carbons (Fsp3) is 0.0588. The van der Waals surface area contributed by atoms with Gasteiger partial charge in [0.15, 0.2) is 16.8 Å². The molecule has 0 spiro atoms. The van der Waals surface area contributed by atoms with Crippen LogP contribution in [0.3, 0.4) is 0 Å². The molecule has 2 aromatic carbocycles. The molecule has 1 heterocycles. The highest BCUT2D eigenvalue weighted by atomic mass is 32.1. The summed E-state index contributed by atoms with van der Waals surface area (Å²) >= 11 is 1.05. The minimum Gasteiger partial charge on any atom is -0.298 e. The average molecular weight is 366 g/mol. The first kappa shape index (κ1) is 17.1. The Morgan fingerprint density at radius 2 is 1.88 bits per heavy atom. The van der Waals surface area contributed by atoms with Crippen LogP contribution in [-0.4, -0.2) is 10.9 Å². The van der Waals surface area contributed by atoms with Gasteiger partial charge in [-0.2, -0.15) is 0 Å². The molecule has 0 fully saturated rings. The predicted octanol–water partition coefficient (Wildman–Crippen LogP) is 4.54. The summed E-state index contributed by atoms with van der Waals surface area (Å²) in [7, 11) is 0. The average Bonchev–Trinajstić information content (AvgIpc) is 2.99. The number of anilines is 1. The van der Waals surface area contributed by atoms with Crippen LogP contribution in [0.5, 0.6) is 0 Å². The molecule has 1 amide bonds. The van der Waals surface area contributed by atoms with Gasteiger partial charge in [-0.15, -0.1) is 11.3 Å². The number of thiazole rings is 1. The molecular formula is C17H10F4N2OS. The third kappa shape index (κ3) is 3.85. The Balaban J connectivity index is 1.73. The van der Waals surface area contributed by atoms with E-state index in [2.05, 4.69) is 10.3 Å². The minimum absolute atomic E-state index is 0.159. The zero-order chi connectivity index (χ0) is 18.0. The molecule has 0 saturated carbocycles. The van der Waals surface area contributed by atoms with Crippen LogP contribution in [0.25, 0.3) is 0 Å². The molecule has 128 valence electrons. The zero-order valence-electron chi connectivity index (χ0n) is 12.5. The van der Waals surface area contributed by atoms with Crippen molar-refractivity contribution in [1.29, 1.82) is 0 Å². The van der Waals surface area contributed by atoms with E-state index < -0.39 is 34.7 Å². The van der Waals surface area contributed by atoms with E-state index in [1.165, 1.54) is 18.3 Å². The van der Waals surface area contributed by atoms with Gasteiger partial charge in [0.1, 0.15) is 11.6 Å². The van der Waals surface area contributed by atoms with Crippen LogP contribution in [0.1, 0.15) is 20.8 Å². The van der Waals surface area contributed by atoms with E-state index in [4.69, 9.17) is 0 Å². The second kappa shape index (κ2) is 7.02. The van der Waals surface area contributed by atoms with Crippen molar-refractivity contribution in [2.75, 3.05) is 5.32 Å². The molecule has 0 aliphatic heterocycles. The van der Waals surface area contributed by atoms with Crippen molar-refractivity contribution < 1.29 is 22.4 Å². The maximum absolute atomic E-state index is 13.7. The Morgan fingerprint density at radius 1 is 1.08 bits per heavy atom. The highest BCUT2D eigenvalue weighted by molar-refractivity contribution is 7.15. The van der Waals surface area contributed by atoms with Crippen LogP contribution in [0.4, 0.5) is 22.7 Å². The van der Waals surface area contributed by atoms with Gasteiger partial charge in [-0.3, -0.25) is 10.1 Å². The molecule has 8 heteroatoms. The fourth-order valence-electron chi connectivity index (χ4n) is 2.14. The molecule has 0 saturated heterocycles. The van der Waals surface area contributed by atoms with Crippen molar-refractivity contribution in [1.82, 2.24) is 4.98 Å². The van der Waals surface area contributed by atoms with E-state index in [-0.39, 0.29) is 17.1 Å². The van der Waals surface area contributed by atoms with Gasteiger partial charge in [0.05, 0.1) is 5.56 Å². The van der Waals surface area contributed by atoms with E-state index in [1.54, 1.807) is 0 Å². The smallest absolute Gasteiger partial charge is 0.260 e. The third-order valence-corrected chi connectivity index (χ3v) is 4.26. The quantitative estimate of drug-likeness (QED) is 0.689. The molecular weight excluding hydrogens is 356 g/mol. The van der Waals surface area contributed by atoms with Gasteiger partial charge in [-0.05, 0) is 23.8 Å². The minimum atomic E-state index is -1.25. The standard InChI is InChI=1S/C17H10F4N2OS/c18-10-5-4-9(14(20)7-10)6-11-8-22-17(25-11)23-16(24)12-2-1-3-13(19)15(12)21/h1-5,7-8H,6H2,(H,22,23,24). The van der Waals surface area contributed by atoms with Gasteiger partial charge < -0.3 is 0 Å². The molecule has 0 aliphatic rings. The SMILES string of the molecule is O=C(Nc1ncc(Cc2ccc(F)cc2F)s1)c1cccc(F)c1F. The highest BCUT2D eigenvalue weighted by Gasteiger charge is 2.16. The van der Waals surface area contributed by atoms with Crippen LogP contribution in [0.2, 0.25) is 0 Å². The number of amides is 1. The second-order valence-corrected chi connectivity index (χ2v) is 6.21. The molecule has 3 nitrogen and oxygen atoms in total. The van der Waals surface area contributed by atoms with E-state index in [1.807, 2.05) is 0 Å².